The van der Waals surface area contributed by atoms with Crippen molar-refractivity contribution in [2.24, 2.45) is 0 Å². The number of ether oxygens (including phenoxy) is 2. The molecule has 1 heterocycles. The smallest absolute Gasteiger partial charge is 0.482 e. The van der Waals surface area contributed by atoms with Gasteiger partial charge < -0.3 is 20.1 Å². The molecular formula is C16H13F3N2O3. The molecule has 0 unspecified atom stereocenters. The van der Waals surface area contributed by atoms with E-state index in [4.69, 9.17) is 4.74 Å². The van der Waals surface area contributed by atoms with Crippen molar-refractivity contribution in [2.45, 2.75) is 12.9 Å². The Balaban J connectivity index is 1.66. The molecule has 2 aromatic rings. The Hall–Kier alpha value is -2.90. The second-order valence-corrected chi connectivity index (χ2v) is 5.10. The van der Waals surface area contributed by atoms with E-state index >= 15 is 0 Å². The van der Waals surface area contributed by atoms with Gasteiger partial charge in [-0.2, -0.15) is 0 Å². The first-order valence-electron chi connectivity index (χ1n) is 7.04. The molecule has 0 atom stereocenters. The minimum absolute atomic E-state index is 0.0483. The van der Waals surface area contributed by atoms with E-state index in [2.05, 4.69) is 15.4 Å². The summed E-state index contributed by atoms with van der Waals surface area (Å²) in [4.78, 5) is 11.2. The van der Waals surface area contributed by atoms with Crippen molar-refractivity contribution in [3.8, 4) is 11.5 Å². The van der Waals surface area contributed by atoms with Gasteiger partial charge in [-0.1, -0.05) is 12.1 Å². The first-order chi connectivity index (χ1) is 11.4. The summed E-state index contributed by atoms with van der Waals surface area (Å²) >= 11 is 0. The van der Waals surface area contributed by atoms with Crippen LogP contribution in [0.5, 0.6) is 11.5 Å². The highest BCUT2D eigenvalue weighted by Gasteiger charge is 2.31. The van der Waals surface area contributed by atoms with E-state index < -0.39 is 6.36 Å². The zero-order valence-electron chi connectivity index (χ0n) is 12.3. The van der Waals surface area contributed by atoms with Crippen molar-refractivity contribution in [2.75, 3.05) is 17.2 Å². The highest BCUT2D eigenvalue weighted by molar-refractivity contribution is 5.95. The average Bonchev–Trinajstić information content (AvgIpc) is 2.51. The molecule has 2 aromatic carbocycles. The fraction of sp³-hybridized carbons (Fsp3) is 0.188. The van der Waals surface area contributed by atoms with Gasteiger partial charge in [-0.05, 0) is 29.8 Å². The first kappa shape index (κ1) is 16.0. The van der Waals surface area contributed by atoms with Crippen LogP contribution < -0.4 is 20.1 Å². The number of halogens is 3. The summed E-state index contributed by atoms with van der Waals surface area (Å²) in [6.45, 7) is 0.257. The number of benzene rings is 2. The minimum Gasteiger partial charge on any atom is -0.482 e. The zero-order chi connectivity index (χ0) is 17.2. The SMILES string of the molecule is O=C1COc2cc(NCc3cccc(OC(F)(F)F)c3)ccc2N1. The molecule has 0 saturated heterocycles. The fourth-order valence-corrected chi connectivity index (χ4v) is 2.24. The number of anilines is 2. The molecule has 1 aliphatic rings. The molecule has 0 spiro atoms. The van der Waals surface area contributed by atoms with E-state index in [1.807, 2.05) is 0 Å². The Bertz CT molecular complexity index is 762. The molecule has 1 aliphatic heterocycles. The second-order valence-electron chi connectivity index (χ2n) is 5.10. The van der Waals surface area contributed by atoms with E-state index in [-0.39, 0.29) is 18.3 Å². The number of fused-ring (bicyclic) bond motifs is 1. The van der Waals surface area contributed by atoms with Crippen LogP contribution in [0, 0.1) is 0 Å². The van der Waals surface area contributed by atoms with Gasteiger partial charge in [-0.25, -0.2) is 0 Å². The molecule has 0 radical (unpaired) electrons. The van der Waals surface area contributed by atoms with Crippen molar-refractivity contribution < 1.29 is 27.4 Å². The summed E-state index contributed by atoms with van der Waals surface area (Å²) in [7, 11) is 0. The third-order valence-electron chi connectivity index (χ3n) is 3.24. The van der Waals surface area contributed by atoms with Crippen molar-refractivity contribution >= 4 is 17.3 Å². The summed E-state index contributed by atoms with van der Waals surface area (Å²) < 4.78 is 45.9. The first-order valence-corrected chi connectivity index (χ1v) is 7.04. The number of carbonyl (C=O) groups is 1. The predicted octanol–water partition coefficient (Wildman–Crippen LogP) is 3.53. The number of carbonyl (C=O) groups excluding carboxylic acids is 1. The van der Waals surface area contributed by atoms with Crippen LogP contribution in [0.2, 0.25) is 0 Å². The Kier molecular flexibility index (Phi) is 4.20. The summed E-state index contributed by atoms with van der Waals surface area (Å²) in [5.41, 5.74) is 1.92. The van der Waals surface area contributed by atoms with Crippen LogP contribution in [0.3, 0.4) is 0 Å². The summed E-state index contributed by atoms with van der Waals surface area (Å²) in [6.07, 6.45) is -4.72. The maximum atomic E-state index is 12.2. The summed E-state index contributed by atoms with van der Waals surface area (Å²) in [6, 6.07) is 10.9. The van der Waals surface area contributed by atoms with E-state index in [1.165, 1.54) is 18.2 Å². The minimum atomic E-state index is -4.72. The molecule has 126 valence electrons. The molecule has 0 aromatic heterocycles. The lowest BCUT2D eigenvalue weighted by Gasteiger charge is -2.19. The zero-order valence-corrected chi connectivity index (χ0v) is 12.3. The quantitative estimate of drug-likeness (QED) is 0.895. The lowest BCUT2D eigenvalue weighted by Crippen LogP contribution is -2.25. The predicted molar refractivity (Wildman–Crippen MR) is 81.0 cm³/mol. The highest BCUT2D eigenvalue weighted by atomic mass is 19.4. The number of amides is 1. The lowest BCUT2D eigenvalue weighted by molar-refractivity contribution is -0.274. The number of alkyl halides is 3. The Labute approximate surface area is 135 Å². The van der Waals surface area contributed by atoms with Crippen molar-refractivity contribution in [3.63, 3.8) is 0 Å². The molecule has 5 nitrogen and oxygen atoms in total. The van der Waals surface area contributed by atoms with Crippen LogP contribution in [-0.4, -0.2) is 18.9 Å². The molecule has 0 saturated carbocycles. The fourth-order valence-electron chi connectivity index (χ4n) is 2.24. The lowest BCUT2D eigenvalue weighted by atomic mass is 10.2. The van der Waals surface area contributed by atoms with Crippen LogP contribution in [0.25, 0.3) is 0 Å². The van der Waals surface area contributed by atoms with Crippen LogP contribution in [0.1, 0.15) is 5.56 Å². The molecule has 24 heavy (non-hydrogen) atoms. The van der Waals surface area contributed by atoms with Gasteiger partial charge in [0.25, 0.3) is 5.91 Å². The van der Waals surface area contributed by atoms with E-state index in [0.29, 0.717) is 29.2 Å². The van der Waals surface area contributed by atoms with Crippen LogP contribution in [0.15, 0.2) is 42.5 Å². The van der Waals surface area contributed by atoms with E-state index in [9.17, 15) is 18.0 Å². The number of nitrogens with one attached hydrogen (secondary N) is 2. The standard InChI is InChI=1S/C16H13F3N2O3/c17-16(18,19)24-12-3-1-2-10(6-12)8-20-11-4-5-13-14(7-11)23-9-15(22)21-13/h1-7,20H,8-9H2,(H,21,22). The largest absolute Gasteiger partial charge is 0.573 e. The van der Waals surface area contributed by atoms with Gasteiger partial charge in [0.2, 0.25) is 0 Å². The molecular weight excluding hydrogens is 325 g/mol. The van der Waals surface area contributed by atoms with Gasteiger partial charge >= 0.3 is 6.36 Å². The van der Waals surface area contributed by atoms with Gasteiger partial charge in [0.15, 0.2) is 6.61 Å². The van der Waals surface area contributed by atoms with E-state index in [0.717, 1.165) is 0 Å². The van der Waals surface area contributed by atoms with Gasteiger partial charge in [0.05, 0.1) is 5.69 Å². The Morgan fingerprint density at radius 2 is 2.04 bits per heavy atom. The molecule has 3 rings (SSSR count). The van der Waals surface area contributed by atoms with E-state index in [1.54, 1.807) is 24.3 Å². The number of hydrogen-bond donors (Lipinski definition) is 2. The molecule has 8 heteroatoms. The van der Waals surface area contributed by atoms with Gasteiger partial charge in [-0.3, -0.25) is 4.79 Å². The van der Waals surface area contributed by atoms with Crippen molar-refractivity contribution in [1.29, 1.82) is 0 Å². The molecule has 0 bridgehead atoms. The molecule has 1 amide bonds. The normalized spacial score (nSPS) is 13.5. The maximum Gasteiger partial charge on any atom is 0.573 e. The average molecular weight is 338 g/mol. The summed E-state index contributed by atoms with van der Waals surface area (Å²) in [5, 5.41) is 5.76. The van der Waals surface area contributed by atoms with Crippen molar-refractivity contribution in [1.82, 2.24) is 0 Å². The third-order valence-corrected chi connectivity index (χ3v) is 3.24. The molecule has 2 N–H and O–H groups in total. The molecule has 0 fully saturated rings. The number of hydrogen-bond acceptors (Lipinski definition) is 4. The van der Waals surface area contributed by atoms with Gasteiger partial charge in [-0.15, -0.1) is 13.2 Å². The van der Waals surface area contributed by atoms with Crippen molar-refractivity contribution in [3.05, 3.63) is 48.0 Å². The van der Waals surface area contributed by atoms with Crippen LogP contribution in [-0.2, 0) is 11.3 Å². The summed E-state index contributed by atoms with van der Waals surface area (Å²) in [5.74, 6) is 0.0525. The highest BCUT2D eigenvalue weighted by Crippen LogP contribution is 2.31. The second kappa shape index (κ2) is 6.31. The van der Waals surface area contributed by atoms with Crippen LogP contribution >= 0.6 is 0 Å². The Morgan fingerprint density at radius 1 is 1.21 bits per heavy atom. The molecule has 0 aliphatic carbocycles. The third kappa shape index (κ3) is 4.09. The number of rotatable bonds is 4. The monoisotopic (exact) mass is 338 g/mol. The van der Waals surface area contributed by atoms with Gasteiger partial charge in [0, 0.05) is 18.3 Å². The van der Waals surface area contributed by atoms with Gasteiger partial charge in [0.1, 0.15) is 11.5 Å². The maximum absolute atomic E-state index is 12.2. The topological polar surface area (TPSA) is 59.6 Å². The Morgan fingerprint density at radius 3 is 2.83 bits per heavy atom. The van der Waals surface area contributed by atoms with Crippen LogP contribution in [0.4, 0.5) is 24.5 Å².